The molecule has 1 atom stereocenters. The lowest BCUT2D eigenvalue weighted by molar-refractivity contribution is 0.352. The zero-order valence-electron chi connectivity index (χ0n) is 12.4. The molecule has 2 nitrogen and oxygen atoms in total. The van der Waals surface area contributed by atoms with Crippen LogP contribution < -0.4 is 10.6 Å². The minimum atomic E-state index is 0.626. The highest BCUT2D eigenvalue weighted by Gasteiger charge is 2.11. The average Bonchev–Trinajstić information content (AvgIpc) is 2.45. The fourth-order valence-corrected chi connectivity index (χ4v) is 2.73. The van der Waals surface area contributed by atoms with Crippen molar-refractivity contribution in [3.05, 3.63) is 35.4 Å². The summed E-state index contributed by atoms with van der Waals surface area (Å²) in [6.07, 6.45) is 4.05. The lowest BCUT2D eigenvalue weighted by Gasteiger charge is -2.22. The number of benzene rings is 1. The highest BCUT2D eigenvalue weighted by atomic mass is 14.9. The maximum absolute atomic E-state index is 3.57. The zero-order chi connectivity index (χ0) is 13.5. The van der Waals surface area contributed by atoms with Crippen LogP contribution >= 0.6 is 0 Å². The Hall–Kier alpha value is -0.860. The van der Waals surface area contributed by atoms with Gasteiger partial charge >= 0.3 is 0 Å². The molecule has 106 valence electrons. The molecule has 1 unspecified atom stereocenters. The summed E-state index contributed by atoms with van der Waals surface area (Å²) in [7, 11) is 0. The minimum Gasteiger partial charge on any atom is -0.316 e. The van der Waals surface area contributed by atoms with Gasteiger partial charge < -0.3 is 10.6 Å². The van der Waals surface area contributed by atoms with E-state index in [2.05, 4.69) is 48.7 Å². The molecule has 0 aromatic heterocycles. The molecule has 2 heteroatoms. The topological polar surface area (TPSA) is 24.1 Å². The number of rotatable bonds is 6. The predicted octanol–water partition coefficient (Wildman–Crippen LogP) is 3.29. The van der Waals surface area contributed by atoms with Gasteiger partial charge in [-0.3, -0.25) is 0 Å². The Morgan fingerprint density at radius 3 is 2.68 bits per heavy atom. The first kappa shape index (κ1) is 14.5. The van der Waals surface area contributed by atoms with Crippen molar-refractivity contribution in [2.24, 2.45) is 5.92 Å². The number of piperidine rings is 1. The van der Waals surface area contributed by atoms with Gasteiger partial charge in [0, 0.05) is 6.54 Å². The van der Waals surface area contributed by atoms with Gasteiger partial charge in [-0.2, -0.15) is 0 Å². The maximum Gasteiger partial charge on any atom is 0.0205 e. The first-order valence-electron chi connectivity index (χ1n) is 7.76. The molecule has 0 bridgehead atoms. The monoisotopic (exact) mass is 260 g/mol. The highest BCUT2D eigenvalue weighted by molar-refractivity contribution is 5.24. The molecule has 0 radical (unpaired) electrons. The van der Waals surface area contributed by atoms with Crippen LogP contribution in [-0.2, 0) is 6.54 Å². The predicted molar refractivity (Wildman–Crippen MR) is 82.4 cm³/mol. The van der Waals surface area contributed by atoms with Gasteiger partial charge in [0.05, 0.1) is 0 Å². The van der Waals surface area contributed by atoms with E-state index < -0.39 is 0 Å². The number of hydrogen-bond donors (Lipinski definition) is 2. The summed E-state index contributed by atoms with van der Waals surface area (Å²) in [5.41, 5.74) is 2.82. The summed E-state index contributed by atoms with van der Waals surface area (Å²) >= 11 is 0. The van der Waals surface area contributed by atoms with Gasteiger partial charge in [0.15, 0.2) is 0 Å². The Morgan fingerprint density at radius 1 is 1.26 bits per heavy atom. The van der Waals surface area contributed by atoms with Gasteiger partial charge in [-0.05, 0) is 61.9 Å². The van der Waals surface area contributed by atoms with Gasteiger partial charge in [-0.15, -0.1) is 0 Å². The lowest BCUT2D eigenvalue weighted by atomic mass is 9.96. The SMILES string of the molecule is CC(C)c1ccc(CNCCC2CCCNC2)cc1. The quantitative estimate of drug-likeness (QED) is 0.767. The van der Waals surface area contributed by atoms with E-state index >= 15 is 0 Å². The second kappa shape index (κ2) is 7.66. The van der Waals surface area contributed by atoms with Crippen molar-refractivity contribution in [2.75, 3.05) is 19.6 Å². The molecule has 1 saturated heterocycles. The van der Waals surface area contributed by atoms with Crippen LogP contribution in [0.4, 0.5) is 0 Å². The van der Waals surface area contributed by atoms with E-state index in [0.717, 1.165) is 19.0 Å². The van der Waals surface area contributed by atoms with Gasteiger partial charge in [0.25, 0.3) is 0 Å². The summed E-state index contributed by atoms with van der Waals surface area (Å²) in [5.74, 6) is 1.50. The average molecular weight is 260 g/mol. The van der Waals surface area contributed by atoms with Crippen LogP contribution in [0.15, 0.2) is 24.3 Å². The van der Waals surface area contributed by atoms with E-state index in [1.807, 2.05) is 0 Å². The third kappa shape index (κ3) is 4.96. The van der Waals surface area contributed by atoms with Crippen molar-refractivity contribution in [1.29, 1.82) is 0 Å². The summed E-state index contributed by atoms with van der Waals surface area (Å²) in [6, 6.07) is 9.02. The molecular formula is C17H28N2. The molecule has 1 aliphatic heterocycles. The lowest BCUT2D eigenvalue weighted by Crippen LogP contribution is -2.31. The largest absolute Gasteiger partial charge is 0.316 e. The fourth-order valence-electron chi connectivity index (χ4n) is 2.73. The Bertz CT molecular complexity index is 350. The van der Waals surface area contributed by atoms with E-state index in [1.165, 1.54) is 43.5 Å². The van der Waals surface area contributed by atoms with Crippen LogP contribution in [-0.4, -0.2) is 19.6 Å². The highest BCUT2D eigenvalue weighted by Crippen LogP contribution is 2.15. The van der Waals surface area contributed by atoms with Crippen molar-refractivity contribution < 1.29 is 0 Å². The van der Waals surface area contributed by atoms with Crippen LogP contribution in [0.25, 0.3) is 0 Å². The van der Waals surface area contributed by atoms with Gasteiger partial charge in [0.1, 0.15) is 0 Å². The van der Waals surface area contributed by atoms with Crippen molar-refractivity contribution in [2.45, 2.75) is 45.6 Å². The summed E-state index contributed by atoms with van der Waals surface area (Å²) in [5, 5.41) is 7.05. The molecule has 1 fully saturated rings. The van der Waals surface area contributed by atoms with Crippen molar-refractivity contribution >= 4 is 0 Å². The van der Waals surface area contributed by atoms with Gasteiger partial charge in [0.2, 0.25) is 0 Å². The molecule has 1 aromatic carbocycles. The molecule has 0 spiro atoms. The Labute approximate surface area is 118 Å². The van der Waals surface area contributed by atoms with Gasteiger partial charge in [-0.1, -0.05) is 38.1 Å². The molecule has 1 aliphatic rings. The Balaban J connectivity index is 1.64. The summed E-state index contributed by atoms with van der Waals surface area (Å²) in [6.45, 7) is 9.05. The van der Waals surface area contributed by atoms with Crippen LogP contribution in [0.5, 0.6) is 0 Å². The van der Waals surface area contributed by atoms with Crippen molar-refractivity contribution in [1.82, 2.24) is 10.6 Å². The molecule has 0 aliphatic carbocycles. The second-order valence-corrected chi connectivity index (χ2v) is 6.07. The minimum absolute atomic E-state index is 0.626. The van der Waals surface area contributed by atoms with Crippen LogP contribution in [0.2, 0.25) is 0 Å². The fraction of sp³-hybridized carbons (Fsp3) is 0.647. The zero-order valence-corrected chi connectivity index (χ0v) is 12.4. The standard InChI is InChI=1S/C17H28N2/c1-14(2)17-7-5-16(6-8-17)13-19-11-9-15-4-3-10-18-12-15/h5-8,14-15,18-19H,3-4,9-13H2,1-2H3. The number of nitrogens with one attached hydrogen (secondary N) is 2. The third-order valence-electron chi connectivity index (χ3n) is 4.10. The smallest absolute Gasteiger partial charge is 0.0205 e. The Morgan fingerprint density at radius 2 is 2.05 bits per heavy atom. The van der Waals surface area contributed by atoms with Crippen LogP contribution in [0, 0.1) is 5.92 Å². The van der Waals surface area contributed by atoms with E-state index in [4.69, 9.17) is 0 Å². The second-order valence-electron chi connectivity index (χ2n) is 6.07. The summed E-state index contributed by atoms with van der Waals surface area (Å²) < 4.78 is 0. The first-order valence-corrected chi connectivity index (χ1v) is 7.76. The molecule has 2 N–H and O–H groups in total. The molecule has 0 saturated carbocycles. The summed E-state index contributed by atoms with van der Waals surface area (Å²) in [4.78, 5) is 0. The maximum atomic E-state index is 3.57. The molecule has 2 rings (SSSR count). The Kier molecular flexibility index (Phi) is 5.87. The molecule has 1 heterocycles. The molecule has 0 amide bonds. The third-order valence-corrected chi connectivity index (χ3v) is 4.10. The normalized spacial score (nSPS) is 19.8. The molecule has 1 aromatic rings. The van der Waals surface area contributed by atoms with Crippen molar-refractivity contribution in [3.8, 4) is 0 Å². The molecular weight excluding hydrogens is 232 g/mol. The van der Waals surface area contributed by atoms with Crippen LogP contribution in [0.1, 0.15) is 50.2 Å². The molecule has 19 heavy (non-hydrogen) atoms. The van der Waals surface area contributed by atoms with E-state index in [1.54, 1.807) is 0 Å². The van der Waals surface area contributed by atoms with Gasteiger partial charge in [-0.25, -0.2) is 0 Å². The number of hydrogen-bond acceptors (Lipinski definition) is 2. The van der Waals surface area contributed by atoms with Crippen LogP contribution in [0.3, 0.4) is 0 Å². The first-order chi connectivity index (χ1) is 9.25. The van der Waals surface area contributed by atoms with E-state index in [9.17, 15) is 0 Å². The van der Waals surface area contributed by atoms with E-state index in [-0.39, 0.29) is 0 Å². The van der Waals surface area contributed by atoms with E-state index in [0.29, 0.717) is 5.92 Å². The van der Waals surface area contributed by atoms with Crippen molar-refractivity contribution in [3.63, 3.8) is 0 Å².